The Morgan fingerprint density at radius 3 is 2.68 bits per heavy atom. The number of carbonyl (C=O) groups excluding carboxylic acids is 1. The Morgan fingerprint density at radius 2 is 1.95 bits per heavy atom. The fourth-order valence-corrected chi connectivity index (χ4v) is 3.16. The summed E-state index contributed by atoms with van der Waals surface area (Å²) in [5, 5.41) is 1.06. The van der Waals surface area contributed by atoms with Crippen LogP contribution in [0, 0.1) is 0 Å². The van der Waals surface area contributed by atoms with Crippen molar-refractivity contribution < 1.29 is 4.79 Å². The molecule has 0 saturated heterocycles. The maximum atomic E-state index is 12.7. The second-order valence-electron chi connectivity index (χ2n) is 5.53. The highest BCUT2D eigenvalue weighted by molar-refractivity contribution is 6.07. The van der Waals surface area contributed by atoms with Gasteiger partial charge in [0, 0.05) is 37.2 Å². The van der Waals surface area contributed by atoms with E-state index in [1.54, 1.807) is 0 Å². The van der Waals surface area contributed by atoms with Crippen LogP contribution in [-0.4, -0.2) is 28.5 Å². The number of nitrogens with zero attached hydrogens (tertiary/aromatic N) is 2. The predicted molar refractivity (Wildman–Crippen MR) is 77.3 cm³/mol. The van der Waals surface area contributed by atoms with Crippen LogP contribution in [0.4, 0.5) is 0 Å². The quantitative estimate of drug-likeness (QED) is 0.810. The number of rotatable bonds is 2. The average molecular weight is 256 g/mol. The van der Waals surface area contributed by atoms with E-state index in [1.165, 1.54) is 12.8 Å². The van der Waals surface area contributed by atoms with Crippen molar-refractivity contribution in [2.75, 3.05) is 7.05 Å². The first kappa shape index (κ1) is 12.3. The summed E-state index contributed by atoms with van der Waals surface area (Å²) in [4.78, 5) is 14.6. The predicted octanol–water partition coefficient (Wildman–Crippen LogP) is 3.19. The van der Waals surface area contributed by atoms with Crippen LogP contribution in [-0.2, 0) is 7.05 Å². The van der Waals surface area contributed by atoms with Crippen molar-refractivity contribution in [3.05, 3.63) is 36.0 Å². The number of para-hydroxylation sites is 1. The van der Waals surface area contributed by atoms with Crippen LogP contribution in [0.3, 0.4) is 0 Å². The van der Waals surface area contributed by atoms with Crippen molar-refractivity contribution in [3.8, 4) is 0 Å². The number of benzene rings is 1. The lowest BCUT2D eigenvalue weighted by Crippen LogP contribution is -2.35. The summed E-state index contributed by atoms with van der Waals surface area (Å²) in [6, 6.07) is 8.52. The molecule has 1 aliphatic rings. The van der Waals surface area contributed by atoms with Gasteiger partial charge in [-0.15, -0.1) is 0 Å². The monoisotopic (exact) mass is 256 g/mol. The molecule has 1 aromatic carbocycles. The first-order chi connectivity index (χ1) is 9.18. The molecule has 1 fully saturated rings. The van der Waals surface area contributed by atoms with Crippen LogP contribution in [0.5, 0.6) is 0 Å². The first-order valence-electron chi connectivity index (χ1n) is 6.99. The van der Waals surface area contributed by atoms with Crippen molar-refractivity contribution in [3.63, 3.8) is 0 Å². The molecule has 1 heterocycles. The third-order valence-electron chi connectivity index (χ3n) is 4.32. The van der Waals surface area contributed by atoms with Gasteiger partial charge in [0.15, 0.2) is 0 Å². The topological polar surface area (TPSA) is 25.2 Å². The van der Waals surface area contributed by atoms with E-state index in [-0.39, 0.29) is 5.91 Å². The molecule has 1 aromatic heterocycles. The average Bonchev–Trinajstić information content (AvgIpc) is 3.06. The van der Waals surface area contributed by atoms with E-state index >= 15 is 0 Å². The lowest BCUT2D eigenvalue weighted by atomic mass is 10.1. The second-order valence-corrected chi connectivity index (χ2v) is 5.53. The molecular weight excluding hydrogens is 236 g/mol. The molecule has 3 rings (SSSR count). The molecule has 0 aliphatic heterocycles. The van der Waals surface area contributed by atoms with E-state index in [4.69, 9.17) is 0 Å². The molecule has 0 unspecified atom stereocenters. The van der Waals surface area contributed by atoms with Crippen LogP contribution >= 0.6 is 0 Å². The zero-order chi connectivity index (χ0) is 13.4. The van der Waals surface area contributed by atoms with Gasteiger partial charge in [0.05, 0.1) is 5.56 Å². The number of fused-ring (bicyclic) bond motifs is 1. The molecule has 100 valence electrons. The molecule has 2 aromatic rings. The highest BCUT2D eigenvalue weighted by atomic mass is 16.2. The summed E-state index contributed by atoms with van der Waals surface area (Å²) in [7, 11) is 3.94. The van der Waals surface area contributed by atoms with Crippen LogP contribution in [0.1, 0.15) is 36.0 Å². The maximum Gasteiger partial charge on any atom is 0.256 e. The summed E-state index contributed by atoms with van der Waals surface area (Å²) in [5.41, 5.74) is 1.94. The normalized spacial score (nSPS) is 16.1. The zero-order valence-electron chi connectivity index (χ0n) is 11.6. The molecule has 19 heavy (non-hydrogen) atoms. The molecular formula is C16H20N2O. The third kappa shape index (κ3) is 2.03. The molecule has 0 N–H and O–H groups in total. The van der Waals surface area contributed by atoms with Crippen molar-refractivity contribution in [2.45, 2.75) is 31.7 Å². The SMILES string of the molecule is CN(C(=O)c1cn(C)c2ccccc12)C1CCCC1. The second kappa shape index (κ2) is 4.72. The van der Waals surface area contributed by atoms with Gasteiger partial charge < -0.3 is 9.47 Å². The van der Waals surface area contributed by atoms with Crippen molar-refractivity contribution >= 4 is 16.8 Å². The van der Waals surface area contributed by atoms with Gasteiger partial charge in [0.25, 0.3) is 5.91 Å². The van der Waals surface area contributed by atoms with Gasteiger partial charge in [-0.05, 0) is 18.9 Å². The van der Waals surface area contributed by atoms with E-state index in [2.05, 4.69) is 6.07 Å². The number of aromatic nitrogens is 1. The largest absolute Gasteiger partial charge is 0.350 e. The standard InChI is InChI=1S/C16H20N2O/c1-17-11-14(13-9-5-6-10-15(13)17)16(19)18(2)12-7-3-4-8-12/h5-6,9-12H,3-4,7-8H2,1-2H3. The minimum Gasteiger partial charge on any atom is -0.350 e. The van der Waals surface area contributed by atoms with Crippen LogP contribution in [0.15, 0.2) is 30.5 Å². The first-order valence-corrected chi connectivity index (χ1v) is 6.99. The Bertz CT molecular complexity index is 608. The minimum absolute atomic E-state index is 0.156. The lowest BCUT2D eigenvalue weighted by molar-refractivity contribution is 0.0737. The fraction of sp³-hybridized carbons (Fsp3) is 0.438. The lowest BCUT2D eigenvalue weighted by Gasteiger charge is -2.24. The molecule has 3 nitrogen and oxygen atoms in total. The van der Waals surface area contributed by atoms with E-state index in [9.17, 15) is 4.79 Å². The Labute approximate surface area is 113 Å². The van der Waals surface area contributed by atoms with E-state index in [0.717, 1.165) is 29.3 Å². The summed E-state index contributed by atoms with van der Waals surface area (Å²) >= 11 is 0. The fourth-order valence-electron chi connectivity index (χ4n) is 3.16. The molecule has 1 aliphatic carbocycles. The maximum absolute atomic E-state index is 12.7. The molecule has 1 amide bonds. The Hall–Kier alpha value is -1.77. The van der Waals surface area contributed by atoms with Crippen molar-refractivity contribution in [2.24, 2.45) is 7.05 Å². The number of amides is 1. The molecule has 3 heteroatoms. The smallest absolute Gasteiger partial charge is 0.256 e. The third-order valence-corrected chi connectivity index (χ3v) is 4.32. The highest BCUT2D eigenvalue weighted by Crippen LogP contribution is 2.26. The van der Waals surface area contributed by atoms with Crippen molar-refractivity contribution in [1.29, 1.82) is 0 Å². The molecule has 0 spiro atoms. The number of hydrogen-bond donors (Lipinski definition) is 0. The van der Waals surface area contributed by atoms with E-state index in [0.29, 0.717) is 6.04 Å². The summed E-state index contributed by atoms with van der Waals surface area (Å²) in [6.45, 7) is 0. The van der Waals surface area contributed by atoms with Gasteiger partial charge in [0.1, 0.15) is 0 Å². The van der Waals surface area contributed by atoms with Gasteiger partial charge in [-0.3, -0.25) is 4.79 Å². The molecule has 1 saturated carbocycles. The summed E-state index contributed by atoms with van der Waals surface area (Å²) < 4.78 is 2.03. The number of carbonyl (C=O) groups is 1. The van der Waals surface area contributed by atoms with Crippen LogP contribution in [0.2, 0.25) is 0 Å². The van der Waals surface area contributed by atoms with Crippen molar-refractivity contribution in [1.82, 2.24) is 9.47 Å². The van der Waals surface area contributed by atoms with Gasteiger partial charge in [-0.2, -0.15) is 0 Å². The minimum atomic E-state index is 0.156. The molecule has 0 atom stereocenters. The Balaban J connectivity index is 1.97. The Morgan fingerprint density at radius 1 is 1.26 bits per heavy atom. The molecule has 0 radical (unpaired) electrons. The van der Waals surface area contributed by atoms with E-state index < -0.39 is 0 Å². The van der Waals surface area contributed by atoms with E-state index in [1.807, 2.05) is 48.0 Å². The summed E-state index contributed by atoms with van der Waals surface area (Å²) in [6.07, 6.45) is 6.74. The summed E-state index contributed by atoms with van der Waals surface area (Å²) in [5.74, 6) is 0.156. The van der Waals surface area contributed by atoms with Crippen LogP contribution in [0.25, 0.3) is 10.9 Å². The van der Waals surface area contributed by atoms with Gasteiger partial charge in [-0.1, -0.05) is 31.0 Å². The zero-order valence-corrected chi connectivity index (χ0v) is 11.6. The highest BCUT2D eigenvalue weighted by Gasteiger charge is 2.25. The number of aryl methyl sites for hydroxylation is 1. The van der Waals surface area contributed by atoms with Gasteiger partial charge >= 0.3 is 0 Å². The van der Waals surface area contributed by atoms with Gasteiger partial charge in [-0.25, -0.2) is 0 Å². The van der Waals surface area contributed by atoms with Crippen LogP contribution < -0.4 is 0 Å². The molecule has 0 bridgehead atoms. The Kier molecular flexibility index (Phi) is 3.05. The number of hydrogen-bond acceptors (Lipinski definition) is 1. The van der Waals surface area contributed by atoms with Gasteiger partial charge in [0.2, 0.25) is 0 Å².